The molecule has 1 aromatic carbocycles. The lowest BCUT2D eigenvalue weighted by Gasteiger charge is -2.26. The number of carbonyl (C=O) groups is 1. The van der Waals surface area contributed by atoms with Crippen molar-refractivity contribution in [2.24, 2.45) is 0 Å². The van der Waals surface area contributed by atoms with Gasteiger partial charge in [-0.1, -0.05) is 0 Å². The summed E-state index contributed by atoms with van der Waals surface area (Å²) in [5.41, 5.74) is 0.937. The number of carbonyl (C=O) groups excluding carboxylic acids is 1. The van der Waals surface area contributed by atoms with Crippen molar-refractivity contribution < 1.29 is 14.3 Å². The summed E-state index contributed by atoms with van der Waals surface area (Å²) >= 11 is 0. The molecule has 2 N–H and O–H groups in total. The van der Waals surface area contributed by atoms with Crippen LogP contribution in [0.3, 0.4) is 0 Å². The predicted octanol–water partition coefficient (Wildman–Crippen LogP) is 0.225. The van der Waals surface area contributed by atoms with Crippen LogP contribution in [0.4, 0.5) is 0 Å². The van der Waals surface area contributed by atoms with Crippen LogP contribution in [0.1, 0.15) is 5.56 Å². The second-order valence-electron chi connectivity index (χ2n) is 4.98. The number of hydrogen-bond donors (Lipinski definition) is 2. The van der Waals surface area contributed by atoms with E-state index in [1.807, 2.05) is 18.2 Å². The van der Waals surface area contributed by atoms with Gasteiger partial charge in [0.05, 0.1) is 20.8 Å². The van der Waals surface area contributed by atoms with Gasteiger partial charge >= 0.3 is 0 Å². The Balaban J connectivity index is 1.85. The summed E-state index contributed by atoms with van der Waals surface area (Å²) in [4.78, 5) is 14.1. The first-order valence-corrected chi connectivity index (χ1v) is 7.13. The molecule has 1 amide bonds. The van der Waals surface area contributed by atoms with Gasteiger partial charge in [-0.25, -0.2) is 0 Å². The Morgan fingerprint density at radius 1 is 1.29 bits per heavy atom. The number of piperazine rings is 1. The molecule has 0 aromatic heterocycles. The molecular weight excluding hydrogens is 270 g/mol. The highest BCUT2D eigenvalue weighted by Gasteiger charge is 2.13. The summed E-state index contributed by atoms with van der Waals surface area (Å²) < 4.78 is 10.5. The van der Waals surface area contributed by atoms with Crippen LogP contribution in [-0.2, 0) is 11.3 Å². The normalized spacial score (nSPS) is 15.5. The molecule has 1 fully saturated rings. The van der Waals surface area contributed by atoms with Crippen LogP contribution >= 0.6 is 0 Å². The van der Waals surface area contributed by atoms with Crippen molar-refractivity contribution in [2.75, 3.05) is 46.9 Å². The molecular formula is C15H23N3O3. The average molecular weight is 293 g/mol. The maximum atomic E-state index is 12.0. The van der Waals surface area contributed by atoms with Gasteiger partial charge in [-0.3, -0.25) is 9.69 Å². The van der Waals surface area contributed by atoms with Gasteiger partial charge in [0.1, 0.15) is 11.5 Å². The van der Waals surface area contributed by atoms with Crippen LogP contribution < -0.4 is 20.1 Å². The molecule has 0 atom stereocenters. The molecule has 0 bridgehead atoms. The van der Waals surface area contributed by atoms with Gasteiger partial charge < -0.3 is 20.1 Å². The molecule has 1 aliphatic rings. The topological polar surface area (TPSA) is 62.8 Å². The summed E-state index contributed by atoms with van der Waals surface area (Å²) in [6.45, 7) is 4.62. The van der Waals surface area contributed by atoms with Crippen molar-refractivity contribution >= 4 is 5.91 Å². The molecule has 1 heterocycles. The van der Waals surface area contributed by atoms with Crippen molar-refractivity contribution in [2.45, 2.75) is 6.54 Å². The van der Waals surface area contributed by atoms with Gasteiger partial charge in [0.25, 0.3) is 0 Å². The SMILES string of the molecule is COc1ccc(CNC(=O)CN2CCNCC2)c(OC)c1. The van der Waals surface area contributed by atoms with E-state index in [4.69, 9.17) is 9.47 Å². The Labute approximate surface area is 125 Å². The third-order valence-corrected chi connectivity index (χ3v) is 3.55. The van der Waals surface area contributed by atoms with Crippen LogP contribution in [0.25, 0.3) is 0 Å². The lowest BCUT2D eigenvalue weighted by Crippen LogP contribution is -2.47. The standard InChI is InChI=1S/C15H23N3O3/c1-20-13-4-3-12(14(9-13)21-2)10-17-15(19)11-18-7-5-16-6-8-18/h3-4,9,16H,5-8,10-11H2,1-2H3,(H,17,19). The van der Waals surface area contributed by atoms with Crippen LogP contribution in [0.5, 0.6) is 11.5 Å². The first-order chi connectivity index (χ1) is 10.2. The zero-order valence-electron chi connectivity index (χ0n) is 12.6. The molecule has 1 aromatic rings. The van der Waals surface area contributed by atoms with Crippen molar-refractivity contribution in [3.05, 3.63) is 23.8 Å². The zero-order chi connectivity index (χ0) is 15.1. The van der Waals surface area contributed by atoms with Gasteiger partial charge in [-0.05, 0) is 12.1 Å². The number of nitrogens with zero attached hydrogens (tertiary/aromatic N) is 1. The Morgan fingerprint density at radius 3 is 2.71 bits per heavy atom. The number of ether oxygens (including phenoxy) is 2. The molecule has 0 unspecified atom stereocenters. The maximum absolute atomic E-state index is 12.0. The fourth-order valence-corrected chi connectivity index (χ4v) is 2.32. The van der Waals surface area contributed by atoms with E-state index >= 15 is 0 Å². The first-order valence-electron chi connectivity index (χ1n) is 7.13. The summed E-state index contributed by atoms with van der Waals surface area (Å²) in [5.74, 6) is 1.49. The Morgan fingerprint density at radius 2 is 2.05 bits per heavy atom. The molecule has 0 saturated carbocycles. The van der Waals surface area contributed by atoms with Crippen LogP contribution in [0.15, 0.2) is 18.2 Å². The minimum atomic E-state index is 0.0368. The van der Waals surface area contributed by atoms with Crippen LogP contribution in [-0.4, -0.2) is 57.8 Å². The summed E-state index contributed by atoms with van der Waals surface area (Å²) in [6.07, 6.45) is 0. The summed E-state index contributed by atoms with van der Waals surface area (Å²) in [6, 6.07) is 5.58. The number of hydrogen-bond acceptors (Lipinski definition) is 5. The lowest BCUT2D eigenvalue weighted by molar-refractivity contribution is -0.122. The molecule has 1 saturated heterocycles. The van der Waals surface area contributed by atoms with Gasteiger partial charge in [0.2, 0.25) is 5.91 Å². The Bertz CT molecular complexity index is 473. The summed E-state index contributed by atoms with van der Waals surface area (Å²) in [5, 5.41) is 6.21. The number of benzene rings is 1. The third-order valence-electron chi connectivity index (χ3n) is 3.55. The second kappa shape index (κ2) is 7.85. The fourth-order valence-electron chi connectivity index (χ4n) is 2.32. The molecule has 0 radical (unpaired) electrons. The second-order valence-corrected chi connectivity index (χ2v) is 4.98. The van der Waals surface area contributed by atoms with Crippen molar-refractivity contribution in [1.29, 1.82) is 0 Å². The molecule has 0 spiro atoms. The van der Waals surface area contributed by atoms with E-state index in [1.165, 1.54) is 0 Å². The van der Waals surface area contributed by atoms with Crippen LogP contribution in [0.2, 0.25) is 0 Å². The van der Waals surface area contributed by atoms with Crippen LogP contribution in [0, 0.1) is 0 Å². The van der Waals surface area contributed by atoms with Gasteiger partial charge in [-0.15, -0.1) is 0 Å². The van der Waals surface area contributed by atoms with E-state index in [-0.39, 0.29) is 5.91 Å². The zero-order valence-corrected chi connectivity index (χ0v) is 12.6. The van der Waals surface area contributed by atoms with Gasteiger partial charge in [0.15, 0.2) is 0 Å². The van der Waals surface area contributed by atoms with E-state index < -0.39 is 0 Å². The molecule has 116 valence electrons. The number of nitrogens with one attached hydrogen (secondary N) is 2. The number of methoxy groups -OCH3 is 2. The number of amides is 1. The highest BCUT2D eigenvalue weighted by molar-refractivity contribution is 5.78. The molecule has 2 rings (SSSR count). The third kappa shape index (κ3) is 4.61. The average Bonchev–Trinajstić information content (AvgIpc) is 2.53. The summed E-state index contributed by atoms with van der Waals surface area (Å²) in [7, 11) is 3.23. The van der Waals surface area contributed by atoms with Crippen molar-refractivity contribution in [3.63, 3.8) is 0 Å². The predicted molar refractivity (Wildman–Crippen MR) is 80.7 cm³/mol. The number of rotatable bonds is 6. The molecule has 21 heavy (non-hydrogen) atoms. The largest absolute Gasteiger partial charge is 0.497 e. The Hall–Kier alpha value is -1.79. The molecule has 0 aliphatic carbocycles. The first kappa shape index (κ1) is 15.6. The Kier molecular flexibility index (Phi) is 5.83. The van der Waals surface area contributed by atoms with Gasteiger partial charge in [-0.2, -0.15) is 0 Å². The molecule has 6 nitrogen and oxygen atoms in total. The van der Waals surface area contributed by atoms with E-state index in [1.54, 1.807) is 14.2 Å². The minimum absolute atomic E-state index is 0.0368. The van der Waals surface area contributed by atoms with E-state index in [9.17, 15) is 4.79 Å². The monoisotopic (exact) mass is 293 g/mol. The quantitative estimate of drug-likeness (QED) is 0.786. The van der Waals surface area contributed by atoms with Crippen molar-refractivity contribution in [1.82, 2.24) is 15.5 Å². The fraction of sp³-hybridized carbons (Fsp3) is 0.533. The van der Waals surface area contributed by atoms with E-state index in [0.717, 1.165) is 43.2 Å². The smallest absolute Gasteiger partial charge is 0.234 e. The van der Waals surface area contributed by atoms with E-state index in [0.29, 0.717) is 13.1 Å². The highest BCUT2D eigenvalue weighted by atomic mass is 16.5. The van der Waals surface area contributed by atoms with Gasteiger partial charge in [0, 0.05) is 44.4 Å². The minimum Gasteiger partial charge on any atom is -0.497 e. The van der Waals surface area contributed by atoms with Crippen molar-refractivity contribution in [3.8, 4) is 11.5 Å². The highest BCUT2D eigenvalue weighted by Crippen LogP contribution is 2.24. The molecule has 6 heteroatoms. The maximum Gasteiger partial charge on any atom is 0.234 e. The lowest BCUT2D eigenvalue weighted by atomic mass is 10.2. The molecule has 1 aliphatic heterocycles. The van der Waals surface area contributed by atoms with E-state index in [2.05, 4.69) is 15.5 Å².